The second-order valence-corrected chi connectivity index (χ2v) is 7.48. The van der Waals surface area contributed by atoms with Crippen molar-refractivity contribution in [2.24, 2.45) is 4.99 Å². The Balaban J connectivity index is 1.97. The van der Waals surface area contributed by atoms with E-state index >= 15 is 0 Å². The number of benzene rings is 1. The van der Waals surface area contributed by atoms with Gasteiger partial charge in [-0.3, -0.25) is 9.69 Å². The molecule has 1 atom stereocenters. The van der Waals surface area contributed by atoms with Crippen molar-refractivity contribution in [3.63, 3.8) is 0 Å². The molecule has 0 N–H and O–H groups in total. The molecule has 1 saturated heterocycles. The monoisotopic (exact) mass is 388 g/mol. The maximum Gasteiger partial charge on any atom is 0.338 e. The number of amides is 1. The van der Waals surface area contributed by atoms with Crippen LogP contribution in [0, 0.1) is 0 Å². The number of carbonyl (C=O) groups is 2. The predicted octanol–water partition coefficient (Wildman–Crippen LogP) is 3.69. The molecule has 3 rings (SSSR count). The molecule has 1 aromatic rings. The van der Waals surface area contributed by atoms with Crippen LogP contribution in [0.4, 0.5) is 0 Å². The van der Waals surface area contributed by atoms with Crippen molar-refractivity contribution in [3.05, 3.63) is 41.1 Å². The summed E-state index contributed by atoms with van der Waals surface area (Å²) in [5.74, 6) is 0.976. The number of esters is 1. The third-order valence-corrected chi connectivity index (χ3v) is 5.53. The summed E-state index contributed by atoms with van der Waals surface area (Å²) < 4.78 is 10.7. The van der Waals surface area contributed by atoms with Crippen molar-refractivity contribution >= 4 is 28.8 Å². The highest BCUT2D eigenvalue weighted by Crippen LogP contribution is 2.40. The fourth-order valence-corrected chi connectivity index (χ4v) is 4.17. The van der Waals surface area contributed by atoms with Gasteiger partial charge in [-0.05, 0) is 31.0 Å². The molecule has 0 unspecified atom stereocenters. The number of ether oxygens (including phenoxy) is 2. The lowest BCUT2D eigenvalue weighted by atomic mass is 9.94. The molecule has 1 fully saturated rings. The van der Waals surface area contributed by atoms with Crippen LogP contribution in [0.25, 0.3) is 0 Å². The zero-order chi connectivity index (χ0) is 19.4. The van der Waals surface area contributed by atoms with E-state index in [-0.39, 0.29) is 5.91 Å². The number of amidine groups is 1. The number of hydrogen-bond donors (Lipinski definition) is 0. The molecule has 27 heavy (non-hydrogen) atoms. The van der Waals surface area contributed by atoms with Crippen molar-refractivity contribution < 1.29 is 19.1 Å². The summed E-state index contributed by atoms with van der Waals surface area (Å²) in [6, 6.07) is 7.02. The summed E-state index contributed by atoms with van der Waals surface area (Å²) in [7, 11) is 1.34. The number of hydrogen-bond acceptors (Lipinski definition) is 6. The minimum atomic E-state index is -0.532. The molecular formula is C20H24N2O4S. The van der Waals surface area contributed by atoms with E-state index in [0.29, 0.717) is 35.2 Å². The van der Waals surface area contributed by atoms with Gasteiger partial charge in [-0.2, -0.15) is 0 Å². The topological polar surface area (TPSA) is 68.2 Å². The van der Waals surface area contributed by atoms with Crippen LogP contribution < -0.4 is 4.74 Å². The van der Waals surface area contributed by atoms with E-state index in [1.54, 1.807) is 11.8 Å². The Bertz CT molecular complexity index is 786. The van der Waals surface area contributed by atoms with Gasteiger partial charge in [0.2, 0.25) is 5.91 Å². The molecule has 0 spiro atoms. The molecule has 0 bridgehead atoms. The highest BCUT2D eigenvalue weighted by molar-refractivity contribution is 8.14. The van der Waals surface area contributed by atoms with Crippen LogP contribution in [0.1, 0.15) is 44.7 Å². The van der Waals surface area contributed by atoms with Gasteiger partial charge in [-0.1, -0.05) is 37.2 Å². The van der Waals surface area contributed by atoms with Crippen molar-refractivity contribution in [1.82, 2.24) is 4.90 Å². The number of allylic oxidation sites excluding steroid dienone is 1. The Labute approximate surface area is 163 Å². The van der Waals surface area contributed by atoms with Gasteiger partial charge in [0.1, 0.15) is 5.75 Å². The van der Waals surface area contributed by atoms with Crippen molar-refractivity contribution in [1.29, 1.82) is 0 Å². The second kappa shape index (κ2) is 8.61. The van der Waals surface area contributed by atoms with Crippen molar-refractivity contribution in [2.75, 3.05) is 19.5 Å². The molecule has 0 aromatic heterocycles. The number of carbonyl (C=O) groups excluding carboxylic acids is 2. The SMILES string of the molecule is CCCCOc1ccc([C@@H]2C(C(=O)OC)=C(C)N=C3SCCC(=O)N32)cc1. The van der Waals surface area contributed by atoms with E-state index in [1.807, 2.05) is 24.3 Å². The first-order valence-corrected chi connectivity index (χ1v) is 10.1. The van der Waals surface area contributed by atoms with E-state index in [4.69, 9.17) is 9.47 Å². The van der Waals surface area contributed by atoms with Crippen molar-refractivity contribution in [3.8, 4) is 5.75 Å². The van der Waals surface area contributed by atoms with E-state index in [1.165, 1.54) is 18.9 Å². The average molecular weight is 388 g/mol. The van der Waals surface area contributed by atoms with Crippen LogP contribution in [0.3, 0.4) is 0 Å². The van der Waals surface area contributed by atoms with Crippen LogP contribution in [0.15, 0.2) is 40.5 Å². The number of rotatable bonds is 6. The molecule has 7 heteroatoms. The Hall–Kier alpha value is -2.28. The van der Waals surface area contributed by atoms with Gasteiger partial charge in [-0.15, -0.1) is 0 Å². The zero-order valence-electron chi connectivity index (χ0n) is 15.9. The molecule has 2 heterocycles. The minimum Gasteiger partial charge on any atom is -0.494 e. The smallest absolute Gasteiger partial charge is 0.338 e. The molecule has 144 valence electrons. The third-order valence-electron chi connectivity index (χ3n) is 4.57. The number of nitrogens with zero attached hydrogens (tertiary/aromatic N) is 2. The van der Waals surface area contributed by atoms with E-state index in [0.717, 1.165) is 24.2 Å². The number of aliphatic imine (C=N–C) groups is 1. The number of fused-ring (bicyclic) bond motifs is 1. The first kappa shape index (κ1) is 19.5. The highest BCUT2D eigenvalue weighted by Gasteiger charge is 2.41. The summed E-state index contributed by atoms with van der Waals surface area (Å²) in [5, 5.41) is 0.643. The summed E-state index contributed by atoms with van der Waals surface area (Å²) in [4.78, 5) is 31.2. The number of methoxy groups -OCH3 is 1. The van der Waals surface area contributed by atoms with Gasteiger partial charge in [0, 0.05) is 12.2 Å². The Morgan fingerprint density at radius 3 is 2.74 bits per heavy atom. The van der Waals surface area contributed by atoms with E-state index < -0.39 is 12.0 Å². The van der Waals surface area contributed by atoms with Crippen LogP contribution in [-0.2, 0) is 14.3 Å². The third kappa shape index (κ3) is 4.03. The van der Waals surface area contributed by atoms with Crippen LogP contribution >= 0.6 is 11.8 Å². The Kier molecular flexibility index (Phi) is 6.21. The Morgan fingerprint density at radius 2 is 2.07 bits per heavy atom. The Morgan fingerprint density at radius 1 is 1.33 bits per heavy atom. The number of unbranched alkanes of at least 4 members (excludes halogenated alkanes) is 1. The molecule has 2 aliphatic heterocycles. The molecule has 0 radical (unpaired) electrons. The maximum atomic E-state index is 12.6. The molecule has 1 aromatic carbocycles. The van der Waals surface area contributed by atoms with Gasteiger partial charge in [0.05, 0.1) is 31.0 Å². The summed E-state index contributed by atoms with van der Waals surface area (Å²) >= 11 is 1.54. The van der Waals surface area contributed by atoms with Crippen molar-refractivity contribution in [2.45, 2.75) is 39.2 Å². The van der Waals surface area contributed by atoms with Gasteiger partial charge in [-0.25, -0.2) is 9.79 Å². The quantitative estimate of drug-likeness (QED) is 0.549. The lowest BCUT2D eigenvalue weighted by molar-refractivity contribution is -0.137. The van der Waals surface area contributed by atoms with Crippen LogP contribution in [-0.4, -0.2) is 41.4 Å². The van der Waals surface area contributed by atoms with Gasteiger partial charge < -0.3 is 9.47 Å². The van der Waals surface area contributed by atoms with E-state index in [2.05, 4.69) is 11.9 Å². The summed E-state index contributed by atoms with van der Waals surface area (Å²) in [6.45, 7) is 4.57. The molecule has 1 amide bonds. The fraction of sp³-hybridized carbons (Fsp3) is 0.450. The maximum absolute atomic E-state index is 12.6. The standard InChI is InChI=1S/C20H24N2O4S/c1-4-5-11-26-15-8-6-14(7-9-15)18-17(19(24)25-3)13(2)21-20-22(18)16(23)10-12-27-20/h6-9,18H,4-5,10-12H2,1-3H3/t18-/m1/s1. The molecule has 6 nitrogen and oxygen atoms in total. The molecule has 0 aliphatic carbocycles. The van der Waals surface area contributed by atoms with Gasteiger partial charge in [0.25, 0.3) is 0 Å². The zero-order valence-corrected chi connectivity index (χ0v) is 16.7. The first-order chi connectivity index (χ1) is 13.1. The van der Waals surface area contributed by atoms with Gasteiger partial charge >= 0.3 is 5.97 Å². The first-order valence-electron chi connectivity index (χ1n) is 9.12. The fourth-order valence-electron chi connectivity index (χ4n) is 3.16. The van der Waals surface area contributed by atoms with Crippen LogP contribution in [0.5, 0.6) is 5.75 Å². The molecular weight excluding hydrogens is 364 g/mol. The molecule has 0 saturated carbocycles. The summed E-state index contributed by atoms with van der Waals surface area (Å²) in [6.07, 6.45) is 2.49. The number of thioether (sulfide) groups is 1. The summed E-state index contributed by atoms with van der Waals surface area (Å²) in [5.41, 5.74) is 1.82. The van der Waals surface area contributed by atoms with Gasteiger partial charge in [0.15, 0.2) is 5.17 Å². The highest BCUT2D eigenvalue weighted by atomic mass is 32.2. The normalized spacial score (nSPS) is 19.5. The second-order valence-electron chi connectivity index (χ2n) is 6.42. The largest absolute Gasteiger partial charge is 0.494 e. The van der Waals surface area contributed by atoms with Crippen LogP contribution in [0.2, 0.25) is 0 Å². The average Bonchev–Trinajstić information content (AvgIpc) is 2.67. The van der Waals surface area contributed by atoms with E-state index in [9.17, 15) is 9.59 Å². The lowest BCUT2D eigenvalue weighted by Crippen LogP contribution is -2.45. The lowest BCUT2D eigenvalue weighted by Gasteiger charge is -2.38. The predicted molar refractivity (Wildman–Crippen MR) is 106 cm³/mol. The molecule has 2 aliphatic rings. The minimum absolute atomic E-state index is 0.0327.